The summed E-state index contributed by atoms with van der Waals surface area (Å²) in [5.74, 6) is -0.550. The summed E-state index contributed by atoms with van der Waals surface area (Å²) >= 11 is 0. The van der Waals surface area contributed by atoms with E-state index >= 15 is 0 Å². The number of benzene rings is 1. The van der Waals surface area contributed by atoms with Crippen LogP contribution in [0.3, 0.4) is 0 Å². The van der Waals surface area contributed by atoms with Gasteiger partial charge in [-0.25, -0.2) is 4.79 Å². The molecule has 2 aliphatic carbocycles. The predicted molar refractivity (Wildman–Crippen MR) is 107 cm³/mol. The lowest BCUT2D eigenvalue weighted by Crippen LogP contribution is -2.54. The van der Waals surface area contributed by atoms with Crippen LogP contribution in [0.25, 0.3) is 0 Å². The van der Waals surface area contributed by atoms with Gasteiger partial charge in [0.25, 0.3) is 5.91 Å². The molecule has 3 fully saturated rings. The minimum atomic E-state index is -0.864. The normalized spacial score (nSPS) is 26.4. The van der Waals surface area contributed by atoms with Gasteiger partial charge in [-0.3, -0.25) is 19.3 Å². The van der Waals surface area contributed by atoms with E-state index in [0.717, 1.165) is 37.0 Å². The van der Waals surface area contributed by atoms with Gasteiger partial charge in [-0.1, -0.05) is 19.8 Å². The molecule has 1 aromatic carbocycles. The van der Waals surface area contributed by atoms with Crippen molar-refractivity contribution in [3.63, 3.8) is 0 Å². The number of rotatable bonds is 5. The minimum Gasteiger partial charge on any atom is -0.326 e. The number of imide groups is 1. The molecule has 5 amide bonds. The highest BCUT2D eigenvalue weighted by molar-refractivity contribution is 6.10. The molecule has 1 spiro atoms. The van der Waals surface area contributed by atoms with Crippen LogP contribution in [0.1, 0.15) is 45.4 Å². The fraction of sp³-hybridized carbons (Fsp3) is 0.524. The van der Waals surface area contributed by atoms with Gasteiger partial charge in [0.2, 0.25) is 11.8 Å². The number of urea groups is 1. The van der Waals surface area contributed by atoms with E-state index in [9.17, 15) is 19.2 Å². The quantitative estimate of drug-likeness (QED) is 0.662. The lowest BCUT2D eigenvalue weighted by Gasteiger charge is -2.36. The van der Waals surface area contributed by atoms with Crippen molar-refractivity contribution in [1.29, 1.82) is 0 Å². The third kappa shape index (κ3) is 3.83. The van der Waals surface area contributed by atoms with E-state index in [1.54, 1.807) is 24.3 Å². The number of amides is 5. The molecule has 154 valence electrons. The molecular formula is C21H26N4O4. The first-order chi connectivity index (χ1) is 13.9. The van der Waals surface area contributed by atoms with E-state index in [-0.39, 0.29) is 30.2 Å². The zero-order chi connectivity index (χ0) is 20.6. The molecule has 29 heavy (non-hydrogen) atoms. The first-order valence-electron chi connectivity index (χ1n) is 10.2. The summed E-state index contributed by atoms with van der Waals surface area (Å²) in [5, 5.41) is 8.38. The maximum absolute atomic E-state index is 12.9. The van der Waals surface area contributed by atoms with Crippen molar-refractivity contribution in [3.05, 3.63) is 24.3 Å². The van der Waals surface area contributed by atoms with Gasteiger partial charge in [0.1, 0.15) is 12.1 Å². The van der Waals surface area contributed by atoms with Gasteiger partial charge in [0, 0.05) is 17.3 Å². The molecule has 2 atom stereocenters. The van der Waals surface area contributed by atoms with Crippen molar-refractivity contribution in [1.82, 2.24) is 10.2 Å². The summed E-state index contributed by atoms with van der Waals surface area (Å²) < 4.78 is 0. The molecule has 3 N–H and O–H groups in total. The first kappa shape index (κ1) is 19.4. The van der Waals surface area contributed by atoms with E-state index in [4.69, 9.17) is 0 Å². The summed E-state index contributed by atoms with van der Waals surface area (Å²) in [4.78, 5) is 50.5. The van der Waals surface area contributed by atoms with Gasteiger partial charge >= 0.3 is 6.03 Å². The van der Waals surface area contributed by atoms with Crippen LogP contribution in [0.2, 0.25) is 0 Å². The molecule has 2 saturated carbocycles. The van der Waals surface area contributed by atoms with Gasteiger partial charge in [-0.2, -0.15) is 0 Å². The lowest BCUT2D eigenvalue weighted by atomic mass is 9.73. The van der Waals surface area contributed by atoms with Gasteiger partial charge in [-0.05, 0) is 55.9 Å². The van der Waals surface area contributed by atoms with E-state index in [2.05, 4.69) is 16.0 Å². The highest BCUT2D eigenvalue weighted by Gasteiger charge is 2.55. The highest BCUT2D eigenvalue weighted by atomic mass is 16.2. The van der Waals surface area contributed by atoms with Crippen LogP contribution in [0.4, 0.5) is 16.2 Å². The molecule has 0 radical (unpaired) electrons. The number of hydrogen-bond acceptors (Lipinski definition) is 4. The Bertz CT molecular complexity index is 849. The fourth-order valence-electron chi connectivity index (χ4n) is 4.21. The number of carbonyl (C=O) groups excluding carboxylic acids is 4. The van der Waals surface area contributed by atoms with Gasteiger partial charge in [-0.15, -0.1) is 0 Å². The van der Waals surface area contributed by atoms with E-state index in [1.165, 1.54) is 0 Å². The zero-order valence-electron chi connectivity index (χ0n) is 16.5. The largest absolute Gasteiger partial charge is 0.326 e. The maximum atomic E-state index is 12.9. The average Bonchev–Trinajstić information content (AvgIpc) is 3.51. The molecule has 1 heterocycles. The Hall–Kier alpha value is -2.90. The summed E-state index contributed by atoms with van der Waals surface area (Å²) in [6, 6.07) is 6.27. The smallest absolute Gasteiger partial charge is 0.325 e. The van der Waals surface area contributed by atoms with E-state index in [0.29, 0.717) is 17.8 Å². The standard InChI is InChI=1S/C21H26N4O4/c1-13-4-2-3-11-21(13)19(28)25(20(29)24-21)12-17(26)22-15-7-9-16(10-8-15)23-18(27)14-5-6-14/h7-10,13-14H,2-6,11-12H2,1H3,(H,22,26)(H,23,27)(H,24,29). The third-order valence-electron chi connectivity index (χ3n) is 6.19. The highest BCUT2D eigenvalue weighted by Crippen LogP contribution is 2.38. The van der Waals surface area contributed by atoms with E-state index < -0.39 is 17.5 Å². The summed E-state index contributed by atoms with van der Waals surface area (Å²) in [6.07, 6.45) is 5.30. The van der Waals surface area contributed by atoms with Gasteiger partial charge in [0.05, 0.1) is 0 Å². The number of anilines is 2. The second-order valence-electron chi connectivity index (χ2n) is 8.33. The SMILES string of the molecule is CC1CCCCC12NC(=O)N(CC(=O)Nc1ccc(NC(=O)C3CC3)cc1)C2=O. The average molecular weight is 398 g/mol. The molecule has 3 aliphatic rings. The van der Waals surface area contributed by atoms with Crippen molar-refractivity contribution in [2.75, 3.05) is 17.2 Å². The van der Waals surface area contributed by atoms with Crippen molar-refractivity contribution < 1.29 is 19.2 Å². The number of carbonyl (C=O) groups is 4. The Morgan fingerprint density at radius 1 is 1.07 bits per heavy atom. The van der Waals surface area contributed by atoms with Crippen LogP contribution in [0.15, 0.2) is 24.3 Å². The van der Waals surface area contributed by atoms with Crippen LogP contribution >= 0.6 is 0 Å². The number of nitrogens with one attached hydrogen (secondary N) is 3. The summed E-state index contributed by atoms with van der Waals surface area (Å²) in [5.41, 5.74) is 0.339. The molecule has 8 heteroatoms. The van der Waals surface area contributed by atoms with Crippen LogP contribution in [0.5, 0.6) is 0 Å². The molecule has 1 aromatic rings. The van der Waals surface area contributed by atoms with Crippen molar-refractivity contribution in [2.45, 2.75) is 51.0 Å². The molecule has 2 unspecified atom stereocenters. The maximum Gasteiger partial charge on any atom is 0.325 e. The van der Waals surface area contributed by atoms with E-state index in [1.807, 2.05) is 6.92 Å². The molecule has 1 aliphatic heterocycles. The Morgan fingerprint density at radius 3 is 2.34 bits per heavy atom. The zero-order valence-corrected chi connectivity index (χ0v) is 16.5. The van der Waals surface area contributed by atoms with Crippen LogP contribution in [-0.4, -0.2) is 40.7 Å². The Balaban J connectivity index is 1.35. The lowest BCUT2D eigenvalue weighted by molar-refractivity contribution is -0.136. The molecule has 4 rings (SSSR count). The molecule has 0 bridgehead atoms. The first-order valence-corrected chi connectivity index (χ1v) is 10.2. The van der Waals surface area contributed by atoms with Crippen molar-refractivity contribution in [3.8, 4) is 0 Å². The second kappa shape index (κ2) is 7.50. The molecule has 0 aromatic heterocycles. The Labute approximate surface area is 169 Å². The van der Waals surface area contributed by atoms with Crippen LogP contribution in [0, 0.1) is 11.8 Å². The van der Waals surface area contributed by atoms with Crippen molar-refractivity contribution in [2.24, 2.45) is 11.8 Å². The second-order valence-corrected chi connectivity index (χ2v) is 8.33. The molecule has 1 saturated heterocycles. The van der Waals surface area contributed by atoms with Crippen molar-refractivity contribution >= 4 is 35.1 Å². The minimum absolute atomic E-state index is 0.0196. The molecular weight excluding hydrogens is 372 g/mol. The molecule has 8 nitrogen and oxygen atoms in total. The topological polar surface area (TPSA) is 108 Å². The van der Waals surface area contributed by atoms with Crippen LogP contribution in [-0.2, 0) is 14.4 Å². The third-order valence-corrected chi connectivity index (χ3v) is 6.19. The Kier molecular flexibility index (Phi) is 5.02. The summed E-state index contributed by atoms with van der Waals surface area (Å²) in [6.45, 7) is 1.66. The predicted octanol–water partition coefficient (Wildman–Crippen LogP) is 2.47. The van der Waals surface area contributed by atoms with Gasteiger partial charge < -0.3 is 16.0 Å². The summed E-state index contributed by atoms with van der Waals surface area (Å²) in [7, 11) is 0. The van der Waals surface area contributed by atoms with Gasteiger partial charge in [0.15, 0.2) is 0 Å². The monoisotopic (exact) mass is 398 g/mol. The number of hydrogen-bond donors (Lipinski definition) is 3. The fourth-order valence-corrected chi connectivity index (χ4v) is 4.21. The Morgan fingerprint density at radius 2 is 1.72 bits per heavy atom. The van der Waals surface area contributed by atoms with Crippen LogP contribution < -0.4 is 16.0 Å². The number of nitrogens with zero attached hydrogens (tertiary/aromatic N) is 1.